The van der Waals surface area contributed by atoms with Crippen LogP contribution >= 0.6 is 0 Å². The number of fused-ring (bicyclic) bond motifs is 1. The van der Waals surface area contributed by atoms with Gasteiger partial charge in [-0.15, -0.1) is 5.10 Å². The Morgan fingerprint density at radius 1 is 1.14 bits per heavy atom. The molecule has 2 aromatic rings. The van der Waals surface area contributed by atoms with Crippen molar-refractivity contribution in [2.75, 3.05) is 14.1 Å². The zero-order chi connectivity index (χ0) is 15.8. The van der Waals surface area contributed by atoms with Gasteiger partial charge in [0.25, 0.3) is 0 Å². The van der Waals surface area contributed by atoms with Crippen LogP contribution in [-0.4, -0.2) is 39.8 Å². The van der Waals surface area contributed by atoms with Crippen molar-refractivity contribution in [3.05, 3.63) is 24.3 Å². The molecule has 0 saturated heterocycles. The molecule has 1 heterocycles. The van der Waals surface area contributed by atoms with Gasteiger partial charge in [0.05, 0.1) is 17.8 Å². The highest BCUT2D eigenvalue weighted by molar-refractivity contribution is 5.85. The highest BCUT2D eigenvalue weighted by atomic mass is 15.4. The monoisotopic (exact) mass is 301 g/mol. The van der Waals surface area contributed by atoms with Crippen LogP contribution in [0.2, 0.25) is 0 Å². The second-order valence-corrected chi connectivity index (χ2v) is 5.91. The van der Waals surface area contributed by atoms with Gasteiger partial charge < -0.3 is 5.01 Å². The molecular weight excluding hydrogens is 274 g/mol. The number of rotatable bonds is 9. The van der Waals surface area contributed by atoms with E-state index in [4.69, 9.17) is 0 Å². The topological polar surface area (TPSA) is 46.3 Å². The van der Waals surface area contributed by atoms with Crippen molar-refractivity contribution in [2.24, 2.45) is 5.10 Å². The van der Waals surface area contributed by atoms with Crippen LogP contribution in [0.5, 0.6) is 0 Å². The third-order valence-electron chi connectivity index (χ3n) is 3.66. The SMILES string of the molecule is CCCCCCC/C(Cn1nnc2ccccc21)=N\N(C)C. The lowest BCUT2D eigenvalue weighted by Gasteiger charge is -2.11. The Hall–Kier alpha value is -1.91. The molecule has 0 aliphatic carbocycles. The van der Waals surface area contributed by atoms with Gasteiger partial charge in [-0.05, 0) is 25.0 Å². The second-order valence-electron chi connectivity index (χ2n) is 5.91. The molecule has 2 rings (SSSR count). The number of benzene rings is 1. The molecule has 1 aromatic heterocycles. The fraction of sp³-hybridized carbons (Fsp3) is 0.588. The van der Waals surface area contributed by atoms with Gasteiger partial charge in [-0.1, -0.05) is 50.0 Å². The van der Waals surface area contributed by atoms with Crippen molar-refractivity contribution in [2.45, 2.75) is 52.0 Å². The molecule has 5 nitrogen and oxygen atoms in total. The van der Waals surface area contributed by atoms with E-state index in [9.17, 15) is 0 Å². The van der Waals surface area contributed by atoms with Crippen LogP contribution in [-0.2, 0) is 6.54 Å². The summed E-state index contributed by atoms with van der Waals surface area (Å²) < 4.78 is 1.95. The minimum absolute atomic E-state index is 0.715. The lowest BCUT2D eigenvalue weighted by atomic mass is 10.1. The van der Waals surface area contributed by atoms with Gasteiger partial charge in [0, 0.05) is 14.1 Å². The Kier molecular flexibility index (Phi) is 6.37. The number of para-hydroxylation sites is 1. The maximum atomic E-state index is 4.64. The molecule has 0 atom stereocenters. The lowest BCUT2D eigenvalue weighted by molar-refractivity contribution is 0.432. The van der Waals surface area contributed by atoms with Crippen LogP contribution in [0.25, 0.3) is 11.0 Å². The van der Waals surface area contributed by atoms with E-state index in [2.05, 4.69) is 28.4 Å². The summed E-state index contributed by atoms with van der Waals surface area (Å²) in [6.45, 7) is 2.96. The van der Waals surface area contributed by atoms with Crippen molar-refractivity contribution in [1.29, 1.82) is 0 Å². The van der Waals surface area contributed by atoms with E-state index < -0.39 is 0 Å². The molecule has 0 aliphatic rings. The lowest BCUT2D eigenvalue weighted by Crippen LogP contribution is -2.16. The first kappa shape index (κ1) is 16.5. The van der Waals surface area contributed by atoms with Gasteiger partial charge in [-0.2, -0.15) is 5.10 Å². The summed E-state index contributed by atoms with van der Waals surface area (Å²) >= 11 is 0. The van der Waals surface area contributed by atoms with E-state index >= 15 is 0 Å². The number of aromatic nitrogens is 3. The molecule has 120 valence electrons. The third-order valence-corrected chi connectivity index (χ3v) is 3.66. The van der Waals surface area contributed by atoms with Crippen LogP contribution in [0.4, 0.5) is 0 Å². The van der Waals surface area contributed by atoms with Crippen LogP contribution < -0.4 is 0 Å². The highest BCUT2D eigenvalue weighted by Crippen LogP contribution is 2.12. The highest BCUT2D eigenvalue weighted by Gasteiger charge is 2.08. The zero-order valence-electron chi connectivity index (χ0n) is 14.0. The molecule has 5 heteroatoms. The quantitative estimate of drug-likeness (QED) is 0.403. The van der Waals surface area contributed by atoms with E-state index in [1.165, 1.54) is 32.1 Å². The normalized spacial score (nSPS) is 12.0. The summed E-state index contributed by atoms with van der Waals surface area (Å²) in [6, 6.07) is 8.07. The predicted molar refractivity (Wildman–Crippen MR) is 92.0 cm³/mol. The standard InChI is InChI=1S/C17H27N5/c1-4-5-6-7-8-11-15(19-21(2)3)14-22-17-13-10-9-12-16(17)18-20-22/h9-10,12-13H,4-8,11,14H2,1-3H3/b19-15+. The van der Waals surface area contributed by atoms with Crippen LogP contribution in [0.15, 0.2) is 29.4 Å². The average Bonchev–Trinajstić information content (AvgIpc) is 2.90. The van der Waals surface area contributed by atoms with E-state index in [0.717, 1.165) is 23.2 Å². The van der Waals surface area contributed by atoms with E-state index in [-0.39, 0.29) is 0 Å². The Bertz CT molecular complexity index is 600. The zero-order valence-corrected chi connectivity index (χ0v) is 14.0. The first-order valence-electron chi connectivity index (χ1n) is 8.22. The predicted octanol–water partition coefficient (Wildman–Crippen LogP) is 3.71. The number of nitrogens with zero attached hydrogens (tertiary/aromatic N) is 5. The summed E-state index contributed by atoms with van der Waals surface area (Å²) in [5.74, 6) is 0. The Labute approximate surface area is 133 Å². The second kappa shape index (κ2) is 8.51. The fourth-order valence-corrected chi connectivity index (χ4v) is 2.58. The molecule has 0 unspecified atom stereocenters. The summed E-state index contributed by atoms with van der Waals surface area (Å²) in [4.78, 5) is 0. The summed E-state index contributed by atoms with van der Waals surface area (Å²) in [5.41, 5.74) is 3.17. The molecule has 22 heavy (non-hydrogen) atoms. The van der Waals surface area contributed by atoms with Crippen molar-refractivity contribution in [3.8, 4) is 0 Å². The summed E-state index contributed by atoms with van der Waals surface area (Å²) in [6.07, 6.45) is 7.42. The molecule has 0 N–H and O–H groups in total. The van der Waals surface area contributed by atoms with Gasteiger partial charge in [0.15, 0.2) is 0 Å². The number of hydrogen-bond acceptors (Lipinski definition) is 4. The van der Waals surface area contributed by atoms with E-state index in [1.807, 2.05) is 42.0 Å². The third kappa shape index (κ3) is 4.83. The molecule has 0 radical (unpaired) electrons. The van der Waals surface area contributed by atoms with Crippen LogP contribution in [0.3, 0.4) is 0 Å². The maximum Gasteiger partial charge on any atom is 0.113 e. The molecule has 0 aliphatic heterocycles. The molecular formula is C17H27N5. The van der Waals surface area contributed by atoms with Crippen molar-refractivity contribution < 1.29 is 0 Å². The van der Waals surface area contributed by atoms with Crippen molar-refractivity contribution in [3.63, 3.8) is 0 Å². The Morgan fingerprint density at radius 2 is 1.91 bits per heavy atom. The van der Waals surface area contributed by atoms with Gasteiger partial charge in [0.1, 0.15) is 5.52 Å². The molecule has 0 bridgehead atoms. The first-order valence-corrected chi connectivity index (χ1v) is 8.22. The van der Waals surface area contributed by atoms with Gasteiger partial charge in [0.2, 0.25) is 0 Å². The maximum absolute atomic E-state index is 4.64. The van der Waals surface area contributed by atoms with Crippen molar-refractivity contribution >= 4 is 16.7 Å². The smallest absolute Gasteiger partial charge is 0.113 e. The van der Waals surface area contributed by atoms with Gasteiger partial charge >= 0.3 is 0 Å². The number of hydrazone groups is 1. The Balaban J connectivity index is 2.00. The Morgan fingerprint density at radius 3 is 2.68 bits per heavy atom. The van der Waals surface area contributed by atoms with E-state index in [1.54, 1.807) is 0 Å². The molecule has 0 amide bonds. The first-order chi connectivity index (χ1) is 10.7. The largest absolute Gasteiger partial charge is 0.303 e. The number of hydrogen-bond donors (Lipinski definition) is 0. The van der Waals surface area contributed by atoms with E-state index in [0.29, 0.717) is 6.54 Å². The van der Waals surface area contributed by atoms with Crippen molar-refractivity contribution in [1.82, 2.24) is 20.0 Å². The van der Waals surface area contributed by atoms with Crippen LogP contribution in [0.1, 0.15) is 45.4 Å². The minimum atomic E-state index is 0.715. The number of unbranched alkanes of at least 4 members (excludes halogenated alkanes) is 4. The molecule has 1 aromatic carbocycles. The molecule has 0 fully saturated rings. The molecule has 0 spiro atoms. The fourth-order valence-electron chi connectivity index (χ4n) is 2.58. The average molecular weight is 301 g/mol. The minimum Gasteiger partial charge on any atom is -0.303 e. The molecule has 0 saturated carbocycles. The summed E-state index contributed by atoms with van der Waals surface area (Å²) in [7, 11) is 3.94. The van der Waals surface area contributed by atoms with Gasteiger partial charge in [-0.3, -0.25) is 0 Å². The van der Waals surface area contributed by atoms with Crippen LogP contribution in [0, 0.1) is 0 Å². The van der Waals surface area contributed by atoms with Gasteiger partial charge in [-0.25, -0.2) is 4.68 Å². The summed E-state index contributed by atoms with van der Waals surface area (Å²) in [5, 5.41) is 15.0.